The van der Waals surface area contributed by atoms with E-state index in [0.29, 0.717) is 6.54 Å². The lowest BCUT2D eigenvalue weighted by Gasteiger charge is -2.38. The molecular weight excluding hydrogens is 198 g/mol. The molecular formula is C14H25NO. The molecule has 1 aliphatic rings. The fraction of sp³-hybridized carbons (Fsp3) is 0.786. The van der Waals surface area contributed by atoms with Gasteiger partial charge in [0.2, 0.25) is 0 Å². The lowest BCUT2D eigenvalue weighted by molar-refractivity contribution is -0.117. The summed E-state index contributed by atoms with van der Waals surface area (Å²) < 4.78 is 0. The minimum atomic E-state index is 0.0764. The molecule has 0 unspecified atom stereocenters. The monoisotopic (exact) mass is 223 g/mol. The summed E-state index contributed by atoms with van der Waals surface area (Å²) in [5.41, 5.74) is 1.61. The Labute approximate surface area is 99.7 Å². The van der Waals surface area contributed by atoms with Crippen molar-refractivity contribution in [1.29, 1.82) is 0 Å². The molecule has 0 aliphatic carbocycles. The molecule has 0 fully saturated rings. The summed E-state index contributed by atoms with van der Waals surface area (Å²) in [6.07, 6.45) is 2.86. The predicted molar refractivity (Wildman–Crippen MR) is 68.5 cm³/mol. The van der Waals surface area contributed by atoms with Gasteiger partial charge in [0.05, 0.1) is 6.54 Å². The number of ketones is 1. The molecule has 0 atom stereocenters. The molecule has 0 saturated carbocycles. The second kappa shape index (κ2) is 4.33. The van der Waals surface area contributed by atoms with E-state index in [0.717, 1.165) is 13.0 Å². The van der Waals surface area contributed by atoms with E-state index in [9.17, 15) is 4.79 Å². The van der Waals surface area contributed by atoms with E-state index in [1.807, 2.05) is 6.08 Å². The Morgan fingerprint density at radius 2 is 1.69 bits per heavy atom. The first-order chi connectivity index (χ1) is 7.08. The third kappa shape index (κ3) is 4.09. The van der Waals surface area contributed by atoms with Gasteiger partial charge in [0.1, 0.15) is 0 Å². The standard InChI is InChI=1S/C14H25NO/c1-13(2,3)8-11-7-12(16)10-15(9-11)14(4,5)6/h7H,8-10H2,1-6H3. The molecule has 1 aliphatic heterocycles. The highest BCUT2D eigenvalue weighted by Gasteiger charge is 2.28. The third-order valence-electron chi connectivity index (χ3n) is 2.81. The number of hydrogen-bond donors (Lipinski definition) is 0. The summed E-state index contributed by atoms with van der Waals surface area (Å²) in [7, 11) is 0. The number of rotatable bonds is 1. The van der Waals surface area contributed by atoms with Gasteiger partial charge in [-0.25, -0.2) is 0 Å². The summed E-state index contributed by atoms with van der Waals surface area (Å²) in [5, 5.41) is 0. The first kappa shape index (κ1) is 13.4. The molecule has 1 heterocycles. The van der Waals surface area contributed by atoms with Gasteiger partial charge in [-0.2, -0.15) is 0 Å². The summed E-state index contributed by atoms with van der Waals surface area (Å²) in [6, 6.07) is 0. The Morgan fingerprint density at radius 1 is 1.12 bits per heavy atom. The molecule has 0 aromatic carbocycles. The summed E-state index contributed by atoms with van der Waals surface area (Å²) in [5.74, 6) is 0.250. The van der Waals surface area contributed by atoms with Crippen molar-refractivity contribution in [2.24, 2.45) is 5.41 Å². The molecule has 2 heteroatoms. The largest absolute Gasteiger partial charge is 0.293 e. The van der Waals surface area contributed by atoms with Crippen LogP contribution < -0.4 is 0 Å². The van der Waals surface area contributed by atoms with Gasteiger partial charge >= 0.3 is 0 Å². The SMILES string of the molecule is CC(C)(C)CC1=CC(=O)CN(C(C)(C)C)C1. The van der Waals surface area contributed by atoms with E-state index in [1.165, 1.54) is 5.57 Å². The molecule has 0 saturated heterocycles. The topological polar surface area (TPSA) is 20.3 Å². The quantitative estimate of drug-likeness (QED) is 0.681. The highest BCUT2D eigenvalue weighted by molar-refractivity contribution is 5.93. The highest BCUT2D eigenvalue weighted by atomic mass is 16.1. The number of hydrogen-bond acceptors (Lipinski definition) is 2. The van der Waals surface area contributed by atoms with Crippen LogP contribution in [0.2, 0.25) is 0 Å². The zero-order chi connectivity index (χ0) is 12.6. The Hall–Kier alpha value is -0.630. The summed E-state index contributed by atoms with van der Waals surface area (Å²) in [4.78, 5) is 14.0. The van der Waals surface area contributed by atoms with E-state index in [1.54, 1.807) is 0 Å². The molecule has 16 heavy (non-hydrogen) atoms. The van der Waals surface area contributed by atoms with Crippen molar-refractivity contribution in [3.63, 3.8) is 0 Å². The van der Waals surface area contributed by atoms with E-state index in [2.05, 4.69) is 46.4 Å². The second-order valence-corrected chi connectivity index (χ2v) is 7.03. The van der Waals surface area contributed by atoms with Gasteiger partial charge in [-0.3, -0.25) is 9.69 Å². The average Bonchev–Trinajstić information content (AvgIpc) is 1.97. The maximum Gasteiger partial charge on any atom is 0.169 e. The van der Waals surface area contributed by atoms with Gasteiger partial charge < -0.3 is 0 Å². The van der Waals surface area contributed by atoms with Crippen LogP contribution in [-0.4, -0.2) is 29.3 Å². The van der Waals surface area contributed by atoms with Gasteiger partial charge in [0.25, 0.3) is 0 Å². The maximum atomic E-state index is 11.7. The van der Waals surface area contributed by atoms with Crippen molar-refractivity contribution in [1.82, 2.24) is 4.90 Å². The lowest BCUT2D eigenvalue weighted by Crippen LogP contribution is -2.47. The molecule has 0 aromatic rings. The zero-order valence-electron chi connectivity index (χ0n) is 11.6. The smallest absolute Gasteiger partial charge is 0.169 e. The Kier molecular flexibility index (Phi) is 3.63. The van der Waals surface area contributed by atoms with Crippen molar-refractivity contribution in [2.75, 3.05) is 13.1 Å². The molecule has 1 rings (SSSR count). The van der Waals surface area contributed by atoms with Crippen molar-refractivity contribution in [3.8, 4) is 0 Å². The molecule has 0 bridgehead atoms. The van der Waals surface area contributed by atoms with Crippen LogP contribution in [0.15, 0.2) is 11.6 Å². The minimum Gasteiger partial charge on any atom is -0.293 e. The van der Waals surface area contributed by atoms with Gasteiger partial charge in [-0.05, 0) is 38.7 Å². The Morgan fingerprint density at radius 3 is 2.12 bits per heavy atom. The van der Waals surface area contributed by atoms with Crippen LogP contribution in [0.5, 0.6) is 0 Å². The van der Waals surface area contributed by atoms with E-state index < -0.39 is 0 Å². The van der Waals surface area contributed by atoms with Gasteiger partial charge in [0.15, 0.2) is 5.78 Å². The van der Waals surface area contributed by atoms with Crippen LogP contribution >= 0.6 is 0 Å². The van der Waals surface area contributed by atoms with Crippen LogP contribution in [0.25, 0.3) is 0 Å². The van der Waals surface area contributed by atoms with E-state index in [-0.39, 0.29) is 16.7 Å². The average molecular weight is 223 g/mol. The van der Waals surface area contributed by atoms with Crippen LogP contribution in [-0.2, 0) is 4.79 Å². The van der Waals surface area contributed by atoms with Crippen molar-refractivity contribution < 1.29 is 4.79 Å². The number of carbonyl (C=O) groups excluding carboxylic acids is 1. The van der Waals surface area contributed by atoms with Crippen LogP contribution in [0, 0.1) is 5.41 Å². The third-order valence-corrected chi connectivity index (χ3v) is 2.81. The molecule has 0 aromatic heterocycles. The predicted octanol–water partition coefficient (Wildman–Crippen LogP) is 3.03. The van der Waals surface area contributed by atoms with E-state index in [4.69, 9.17) is 0 Å². The highest BCUT2D eigenvalue weighted by Crippen LogP contribution is 2.28. The van der Waals surface area contributed by atoms with Crippen molar-refractivity contribution >= 4 is 5.78 Å². The fourth-order valence-corrected chi connectivity index (χ4v) is 2.07. The van der Waals surface area contributed by atoms with E-state index >= 15 is 0 Å². The first-order valence-electron chi connectivity index (χ1n) is 6.05. The summed E-state index contributed by atoms with van der Waals surface area (Å²) in [6.45, 7) is 14.7. The maximum absolute atomic E-state index is 11.7. The van der Waals surface area contributed by atoms with Crippen LogP contribution in [0.4, 0.5) is 0 Å². The van der Waals surface area contributed by atoms with Crippen LogP contribution in [0.1, 0.15) is 48.0 Å². The van der Waals surface area contributed by atoms with Crippen LogP contribution in [0.3, 0.4) is 0 Å². The Bertz CT molecular complexity index is 302. The molecule has 0 spiro atoms. The minimum absolute atomic E-state index is 0.0764. The first-order valence-corrected chi connectivity index (χ1v) is 6.05. The number of nitrogens with zero attached hydrogens (tertiary/aromatic N) is 1. The molecule has 0 amide bonds. The summed E-state index contributed by atoms with van der Waals surface area (Å²) >= 11 is 0. The second-order valence-electron chi connectivity index (χ2n) is 7.03. The molecule has 0 radical (unpaired) electrons. The van der Waals surface area contributed by atoms with Gasteiger partial charge in [0, 0.05) is 12.1 Å². The fourth-order valence-electron chi connectivity index (χ4n) is 2.07. The normalized spacial score (nSPS) is 19.9. The van der Waals surface area contributed by atoms with Crippen molar-refractivity contribution in [2.45, 2.75) is 53.5 Å². The van der Waals surface area contributed by atoms with Crippen molar-refractivity contribution in [3.05, 3.63) is 11.6 Å². The number of carbonyl (C=O) groups is 1. The van der Waals surface area contributed by atoms with Gasteiger partial charge in [-0.15, -0.1) is 0 Å². The molecule has 2 nitrogen and oxygen atoms in total. The van der Waals surface area contributed by atoms with Gasteiger partial charge in [-0.1, -0.05) is 26.3 Å². The zero-order valence-corrected chi connectivity index (χ0v) is 11.6. The molecule has 0 N–H and O–H groups in total. The Balaban J connectivity index is 2.77. The lowest BCUT2D eigenvalue weighted by atomic mass is 9.85. The molecule has 92 valence electrons.